The third-order valence-corrected chi connectivity index (χ3v) is 6.72. The molecule has 1 aromatic carbocycles. The predicted molar refractivity (Wildman–Crippen MR) is 150 cm³/mol. The summed E-state index contributed by atoms with van der Waals surface area (Å²) in [5, 5.41) is 17.7. The summed E-state index contributed by atoms with van der Waals surface area (Å²) >= 11 is 1.45. The number of aromatic amines is 1. The van der Waals surface area contributed by atoms with Crippen LogP contribution in [0, 0.1) is 5.92 Å². The minimum absolute atomic E-state index is 0.0231. The second-order valence-corrected chi connectivity index (χ2v) is 10.8. The average Bonchev–Trinajstić information content (AvgIpc) is 3.27. The highest BCUT2D eigenvalue weighted by atomic mass is 32.2. The number of hydrogen-bond acceptors (Lipinski definition) is 7. The van der Waals surface area contributed by atoms with Crippen molar-refractivity contribution in [2.75, 3.05) is 12.0 Å². The molecule has 0 aliphatic heterocycles. The number of carbonyl (C=O) groups excluding carboxylic acids is 4. The van der Waals surface area contributed by atoms with E-state index in [4.69, 9.17) is 11.5 Å². The fourth-order valence-electron chi connectivity index (χ4n) is 4.06. The van der Waals surface area contributed by atoms with Crippen molar-refractivity contribution in [1.82, 2.24) is 20.9 Å². The van der Waals surface area contributed by atoms with Crippen LogP contribution in [0.3, 0.4) is 0 Å². The molecule has 12 nitrogen and oxygen atoms in total. The monoisotopic (exact) mass is 562 g/mol. The van der Waals surface area contributed by atoms with Crippen molar-refractivity contribution in [3.8, 4) is 0 Å². The highest BCUT2D eigenvalue weighted by Gasteiger charge is 2.31. The summed E-state index contributed by atoms with van der Waals surface area (Å²) in [5.41, 5.74) is 13.3. The number of benzene rings is 1. The SMILES string of the molecule is CSCC[C@H](NC(=O)[C@@H](N)Cc1c[nH]c2ccccc12)C(=O)N[C@@H](CC(=O)O)C(=O)N[C@H](CC(C)C)C(N)=O. The lowest BCUT2D eigenvalue weighted by atomic mass is 10.0. The molecule has 0 radical (unpaired) electrons. The molecule has 1 aromatic heterocycles. The van der Waals surface area contributed by atoms with Gasteiger partial charge < -0.3 is 37.5 Å². The molecule has 9 N–H and O–H groups in total. The number of carboxylic acid groups (broad SMARTS) is 1. The van der Waals surface area contributed by atoms with Gasteiger partial charge in [-0.15, -0.1) is 0 Å². The fourth-order valence-corrected chi connectivity index (χ4v) is 4.53. The Morgan fingerprint density at radius 3 is 2.21 bits per heavy atom. The van der Waals surface area contributed by atoms with Crippen LogP contribution in [0.1, 0.15) is 38.7 Å². The van der Waals surface area contributed by atoms with Crippen LogP contribution in [0.5, 0.6) is 0 Å². The maximum Gasteiger partial charge on any atom is 0.305 e. The van der Waals surface area contributed by atoms with Crippen molar-refractivity contribution in [3.63, 3.8) is 0 Å². The van der Waals surface area contributed by atoms with Gasteiger partial charge in [0.1, 0.15) is 18.1 Å². The minimum atomic E-state index is -1.49. The van der Waals surface area contributed by atoms with E-state index in [9.17, 15) is 29.1 Å². The first-order valence-corrected chi connectivity index (χ1v) is 14.0. The van der Waals surface area contributed by atoms with E-state index in [1.54, 1.807) is 6.20 Å². The van der Waals surface area contributed by atoms with Crippen molar-refractivity contribution in [1.29, 1.82) is 0 Å². The third kappa shape index (κ3) is 9.91. The van der Waals surface area contributed by atoms with Gasteiger partial charge in [-0.25, -0.2) is 0 Å². The second-order valence-electron chi connectivity index (χ2n) is 9.76. The zero-order chi connectivity index (χ0) is 29.1. The van der Waals surface area contributed by atoms with Crippen molar-refractivity contribution in [2.24, 2.45) is 17.4 Å². The molecule has 0 spiro atoms. The number of amides is 4. The number of H-pyrrole nitrogens is 1. The highest BCUT2D eigenvalue weighted by molar-refractivity contribution is 7.98. The van der Waals surface area contributed by atoms with Gasteiger partial charge in [0.25, 0.3) is 0 Å². The van der Waals surface area contributed by atoms with E-state index in [1.165, 1.54) is 11.8 Å². The van der Waals surface area contributed by atoms with E-state index in [-0.39, 0.29) is 25.2 Å². The number of para-hydroxylation sites is 1. The van der Waals surface area contributed by atoms with Gasteiger partial charge in [-0.1, -0.05) is 32.0 Å². The van der Waals surface area contributed by atoms with Crippen molar-refractivity contribution in [3.05, 3.63) is 36.0 Å². The molecule has 0 aliphatic rings. The molecule has 0 bridgehead atoms. The van der Waals surface area contributed by atoms with Crippen LogP contribution in [0.25, 0.3) is 10.9 Å². The number of aliphatic carboxylic acids is 1. The van der Waals surface area contributed by atoms with Gasteiger partial charge in [0.2, 0.25) is 23.6 Å². The van der Waals surface area contributed by atoms with Gasteiger partial charge in [0.05, 0.1) is 12.5 Å². The summed E-state index contributed by atoms with van der Waals surface area (Å²) in [6.07, 6.45) is 3.57. The van der Waals surface area contributed by atoms with Crippen molar-refractivity contribution < 1.29 is 29.1 Å². The molecule has 2 rings (SSSR count). The van der Waals surface area contributed by atoms with E-state index in [0.717, 1.165) is 16.5 Å². The molecule has 0 saturated heterocycles. The number of nitrogens with two attached hydrogens (primary N) is 2. The number of rotatable bonds is 16. The number of primary amides is 1. The Bertz CT molecular complexity index is 1170. The van der Waals surface area contributed by atoms with Crippen LogP contribution in [0.2, 0.25) is 0 Å². The van der Waals surface area contributed by atoms with E-state index in [1.807, 2.05) is 44.4 Å². The van der Waals surface area contributed by atoms with Gasteiger partial charge in [0.15, 0.2) is 0 Å². The average molecular weight is 563 g/mol. The summed E-state index contributed by atoms with van der Waals surface area (Å²) in [6.45, 7) is 3.67. The molecule has 0 saturated carbocycles. The van der Waals surface area contributed by atoms with Gasteiger partial charge >= 0.3 is 5.97 Å². The zero-order valence-electron chi connectivity index (χ0n) is 22.4. The predicted octanol–water partition coefficient (Wildman–Crippen LogP) is 0.251. The Hall–Kier alpha value is -3.58. The third-order valence-electron chi connectivity index (χ3n) is 6.07. The molecule has 4 atom stereocenters. The maximum absolute atomic E-state index is 13.1. The largest absolute Gasteiger partial charge is 0.481 e. The number of nitrogens with one attached hydrogen (secondary N) is 4. The lowest BCUT2D eigenvalue weighted by molar-refractivity contribution is -0.141. The zero-order valence-corrected chi connectivity index (χ0v) is 23.2. The van der Waals surface area contributed by atoms with Gasteiger partial charge in [0, 0.05) is 17.1 Å². The number of fused-ring (bicyclic) bond motifs is 1. The highest BCUT2D eigenvalue weighted by Crippen LogP contribution is 2.19. The summed E-state index contributed by atoms with van der Waals surface area (Å²) in [6, 6.07) is 3.05. The molecular weight excluding hydrogens is 524 g/mol. The standard InChI is InChI=1S/C26H38N6O6S/c1-14(2)10-20(23(28)35)31-26(38)21(12-22(33)34)32-25(37)19(8-9-39-3)30-24(36)17(27)11-15-13-29-18-7-5-4-6-16(15)18/h4-7,13-14,17,19-21,29H,8-12,27H2,1-3H3,(H2,28,35)(H,30,36)(H,31,38)(H,32,37)(H,33,34)/t17-,19-,20+,21-/m0/s1. The number of carbonyl (C=O) groups is 5. The van der Waals surface area contributed by atoms with E-state index in [2.05, 4.69) is 20.9 Å². The van der Waals surface area contributed by atoms with Gasteiger partial charge in [-0.2, -0.15) is 11.8 Å². The lowest BCUT2D eigenvalue weighted by Crippen LogP contribution is -2.58. The first-order chi connectivity index (χ1) is 18.4. The topological polar surface area (TPSA) is 209 Å². The van der Waals surface area contributed by atoms with Crippen LogP contribution in [-0.4, -0.2) is 75.9 Å². The Kier molecular flexibility index (Phi) is 12.3. The molecular formula is C26H38N6O6S. The van der Waals surface area contributed by atoms with Crippen LogP contribution in [-0.2, 0) is 30.4 Å². The normalized spacial score (nSPS) is 14.3. The van der Waals surface area contributed by atoms with Crippen LogP contribution < -0.4 is 27.4 Å². The van der Waals surface area contributed by atoms with E-state index in [0.29, 0.717) is 5.75 Å². The van der Waals surface area contributed by atoms with Crippen molar-refractivity contribution >= 4 is 52.3 Å². The molecule has 2 aromatic rings. The fraction of sp³-hybridized carbons (Fsp3) is 0.500. The smallest absolute Gasteiger partial charge is 0.305 e. The molecule has 0 aliphatic carbocycles. The quantitative estimate of drug-likeness (QED) is 0.150. The minimum Gasteiger partial charge on any atom is -0.481 e. The first kappa shape index (κ1) is 31.6. The van der Waals surface area contributed by atoms with Crippen LogP contribution >= 0.6 is 11.8 Å². The summed E-state index contributed by atoms with van der Waals surface area (Å²) in [7, 11) is 0. The lowest BCUT2D eigenvalue weighted by Gasteiger charge is -2.25. The maximum atomic E-state index is 13.1. The Morgan fingerprint density at radius 1 is 0.974 bits per heavy atom. The van der Waals surface area contributed by atoms with E-state index < -0.39 is 60.2 Å². The van der Waals surface area contributed by atoms with Crippen LogP contribution in [0.15, 0.2) is 30.5 Å². The molecule has 0 unspecified atom stereocenters. The molecule has 0 fully saturated rings. The number of hydrogen-bond donors (Lipinski definition) is 7. The number of thioether (sulfide) groups is 1. The molecule has 214 valence electrons. The molecule has 1 heterocycles. The Balaban J connectivity index is 2.12. The molecule has 4 amide bonds. The number of carboxylic acids is 1. The van der Waals surface area contributed by atoms with Gasteiger partial charge in [-0.05, 0) is 48.8 Å². The summed E-state index contributed by atoms with van der Waals surface area (Å²) < 4.78 is 0. The summed E-state index contributed by atoms with van der Waals surface area (Å²) in [5.74, 6) is -3.74. The number of aromatic nitrogens is 1. The van der Waals surface area contributed by atoms with Crippen molar-refractivity contribution in [2.45, 2.75) is 63.7 Å². The molecule has 39 heavy (non-hydrogen) atoms. The summed E-state index contributed by atoms with van der Waals surface area (Å²) in [4.78, 5) is 65.3. The Labute approximate surface area is 231 Å². The second kappa shape index (κ2) is 15.1. The molecule has 13 heteroatoms. The van der Waals surface area contributed by atoms with Crippen LogP contribution in [0.4, 0.5) is 0 Å². The van der Waals surface area contributed by atoms with E-state index >= 15 is 0 Å². The van der Waals surface area contributed by atoms with Gasteiger partial charge in [-0.3, -0.25) is 24.0 Å². The first-order valence-electron chi connectivity index (χ1n) is 12.6. The Morgan fingerprint density at radius 2 is 1.59 bits per heavy atom.